The van der Waals surface area contributed by atoms with Gasteiger partial charge < -0.3 is 11.1 Å². The quantitative estimate of drug-likeness (QED) is 0.835. The van der Waals surface area contributed by atoms with Crippen molar-refractivity contribution in [2.45, 2.75) is 18.2 Å². The number of rotatable bonds is 5. The number of amides is 1. The molecule has 100 valence electrons. The zero-order chi connectivity index (χ0) is 13.8. The molecule has 0 bridgehead atoms. The molecule has 3 N–H and O–H groups in total. The first kappa shape index (κ1) is 14.7. The van der Waals surface area contributed by atoms with Crippen LogP contribution in [0.3, 0.4) is 0 Å². The Bertz CT molecular complexity index is 526. The lowest BCUT2D eigenvalue weighted by Gasteiger charge is -2.13. The summed E-state index contributed by atoms with van der Waals surface area (Å²) < 4.78 is 23.1. The summed E-state index contributed by atoms with van der Waals surface area (Å²) in [6, 6.07) is 6.34. The number of para-hydroxylation sites is 1. The fourth-order valence-electron chi connectivity index (χ4n) is 1.53. The lowest BCUT2D eigenvalue weighted by Crippen LogP contribution is -2.23. The SMILES string of the molecule is CC(CCN)C(=O)Nc1ccccc1S(C)(=O)=O. The largest absolute Gasteiger partial charge is 0.330 e. The van der Waals surface area contributed by atoms with E-state index in [1.165, 1.54) is 6.07 Å². The summed E-state index contributed by atoms with van der Waals surface area (Å²) in [5, 5.41) is 2.63. The summed E-state index contributed by atoms with van der Waals surface area (Å²) in [5.74, 6) is -0.473. The molecule has 0 aliphatic rings. The van der Waals surface area contributed by atoms with Gasteiger partial charge in [-0.3, -0.25) is 4.79 Å². The van der Waals surface area contributed by atoms with Gasteiger partial charge >= 0.3 is 0 Å². The van der Waals surface area contributed by atoms with Gasteiger partial charge in [0.25, 0.3) is 0 Å². The standard InChI is InChI=1S/C12H18N2O3S/c1-9(7-8-13)12(15)14-10-5-3-4-6-11(10)18(2,16)17/h3-6,9H,7-8,13H2,1-2H3,(H,14,15). The fraction of sp³-hybridized carbons (Fsp3) is 0.417. The number of carbonyl (C=O) groups is 1. The molecule has 18 heavy (non-hydrogen) atoms. The maximum atomic E-state index is 11.8. The first-order valence-corrected chi connectivity index (χ1v) is 7.55. The van der Waals surface area contributed by atoms with Gasteiger partial charge in [0.2, 0.25) is 5.91 Å². The van der Waals surface area contributed by atoms with E-state index in [0.29, 0.717) is 18.7 Å². The molecule has 1 aromatic carbocycles. The smallest absolute Gasteiger partial charge is 0.227 e. The van der Waals surface area contributed by atoms with E-state index in [2.05, 4.69) is 5.32 Å². The second-order valence-electron chi connectivity index (χ2n) is 4.24. The molecule has 0 spiro atoms. The van der Waals surface area contributed by atoms with Crippen LogP contribution in [0.1, 0.15) is 13.3 Å². The average molecular weight is 270 g/mol. The maximum Gasteiger partial charge on any atom is 0.227 e. The monoisotopic (exact) mass is 270 g/mol. The van der Waals surface area contributed by atoms with E-state index < -0.39 is 9.84 Å². The first-order valence-electron chi connectivity index (χ1n) is 5.66. The van der Waals surface area contributed by atoms with E-state index in [0.717, 1.165) is 6.26 Å². The summed E-state index contributed by atoms with van der Waals surface area (Å²) in [6.45, 7) is 2.17. The average Bonchev–Trinajstić information content (AvgIpc) is 2.28. The van der Waals surface area contributed by atoms with Crippen molar-refractivity contribution in [3.63, 3.8) is 0 Å². The zero-order valence-electron chi connectivity index (χ0n) is 10.5. The minimum Gasteiger partial charge on any atom is -0.330 e. The Hall–Kier alpha value is -1.40. The Labute approximate surface area is 107 Å². The van der Waals surface area contributed by atoms with E-state index in [4.69, 9.17) is 5.73 Å². The van der Waals surface area contributed by atoms with Gasteiger partial charge in [-0.05, 0) is 25.1 Å². The number of hydrogen-bond acceptors (Lipinski definition) is 4. The van der Waals surface area contributed by atoms with Crippen molar-refractivity contribution in [2.75, 3.05) is 18.1 Å². The summed E-state index contributed by atoms with van der Waals surface area (Å²) in [7, 11) is -3.36. The number of nitrogens with two attached hydrogens (primary N) is 1. The zero-order valence-corrected chi connectivity index (χ0v) is 11.3. The van der Waals surface area contributed by atoms with Crippen molar-refractivity contribution < 1.29 is 13.2 Å². The molecule has 0 radical (unpaired) electrons. The van der Waals surface area contributed by atoms with E-state index in [1.807, 2.05) is 0 Å². The van der Waals surface area contributed by atoms with Crippen LogP contribution in [-0.4, -0.2) is 27.1 Å². The van der Waals surface area contributed by atoms with Gasteiger partial charge in [0, 0.05) is 12.2 Å². The third-order valence-corrected chi connectivity index (χ3v) is 3.75. The highest BCUT2D eigenvalue weighted by atomic mass is 32.2. The Morgan fingerprint density at radius 2 is 2.00 bits per heavy atom. The molecule has 0 saturated heterocycles. The highest BCUT2D eigenvalue weighted by Gasteiger charge is 2.17. The topological polar surface area (TPSA) is 89.3 Å². The van der Waals surface area contributed by atoms with Crippen LogP contribution >= 0.6 is 0 Å². The molecule has 5 nitrogen and oxygen atoms in total. The summed E-state index contributed by atoms with van der Waals surface area (Å²) in [6.07, 6.45) is 1.67. The van der Waals surface area contributed by atoms with Crippen molar-refractivity contribution in [3.8, 4) is 0 Å². The van der Waals surface area contributed by atoms with E-state index in [-0.39, 0.29) is 16.7 Å². The van der Waals surface area contributed by atoms with Crippen LogP contribution in [0.15, 0.2) is 29.2 Å². The lowest BCUT2D eigenvalue weighted by molar-refractivity contribution is -0.119. The highest BCUT2D eigenvalue weighted by molar-refractivity contribution is 7.90. The third-order valence-electron chi connectivity index (χ3n) is 2.59. The number of nitrogens with one attached hydrogen (secondary N) is 1. The van der Waals surface area contributed by atoms with Crippen molar-refractivity contribution >= 4 is 21.4 Å². The van der Waals surface area contributed by atoms with Gasteiger partial charge in [-0.1, -0.05) is 19.1 Å². The Balaban J connectivity index is 2.95. The maximum absolute atomic E-state index is 11.8. The van der Waals surface area contributed by atoms with Crippen LogP contribution in [0.25, 0.3) is 0 Å². The predicted molar refractivity (Wildman–Crippen MR) is 71.0 cm³/mol. The van der Waals surface area contributed by atoms with Crippen molar-refractivity contribution in [1.29, 1.82) is 0 Å². The second-order valence-corrected chi connectivity index (χ2v) is 6.22. The van der Waals surface area contributed by atoms with Crippen LogP contribution in [0, 0.1) is 5.92 Å². The minimum absolute atomic E-state index is 0.123. The van der Waals surface area contributed by atoms with Crippen LogP contribution in [0.4, 0.5) is 5.69 Å². The summed E-state index contributed by atoms with van der Waals surface area (Å²) in [5.41, 5.74) is 5.70. The molecule has 0 aromatic heterocycles. The molecule has 1 rings (SSSR count). The molecule has 1 amide bonds. The Morgan fingerprint density at radius 1 is 1.39 bits per heavy atom. The molecule has 0 saturated carbocycles. The number of benzene rings is 1. The molecule has 0 aliphatic heterocycles. The molecule has 1 atom stereocenters. The lowest BCUT2D eigenvalue weighted by atomic mass is 10.1. The van der Waals surface area contributed by atoms with Crippen LogP contribution in [-0.2, 0) is 14.6 Å². The molecule has 6 heteroatoms. The van der Waals surface area contributed by atoms with Gasteiger partial charge in [0.1, 0.15) is 0 Å². The minimum atomic E-state index is -3.36. The number of hydrogen-bond donors (Lipinski definition) is 2. The molecular formula is C12H18N2O3S. The van der Waals surface area contributed by atoms with Gasteiger partial charge in [-0.25, -0.2) is 8.42 Å². The normalized spacial score (nSPS) is 13.1. The van der Waals surface area contributed by atoms with Gasteiger partial charge in [-0.15, -0.1) is 0 Å². The van der Waals surface area contributed by atoms with Crippen molar-refractivity contribution in [1.82, 2.24) is 0 Å². The predicted octanol–water partition coefficient (Wildman–Crippen LogP) is 1.01. The Kier molecular flexibility index (Phi) is 4.86. The highest BCUT2D eigenvalue weighted by Crippen LogP contribution is 2.21. The fourth-order valence-corrected chi connectivity index (χ4v) is 2.37. The first-order chi connectivity index (χ1) is 8.36. The number of anilines is 1. The second kappa shape index (κ2) is 5.97. The van der Waals surface area contributed by atoms with Crippen LogP contribution in [0.2, 0.25) is 0 Å². The molecule has 0 fully saturated rings. The van der Waals surface area contributed by atoms with Gasteiger partial charge in [0.05, 0.1) is 10.6 Å². The summed E-state index contributed by atoms with van der Waals surface area (Å²) in [4.78, 5) is 11.9. The van der Waals surface area contributed by atoms with Crippen LogP contribution < -0.4 is 11.1 Å². The molecule has 1 unspecified atom stereocenters. The van der Waals surface area contributed by atoms with Crippen molar-refractivity contribution in [2.24, 2.45) is 11.7 Å². The van der Waals surface area contributed by atoms with Crippen LogP contribution in [0.5, 0.6) is 0 Å². The number of sulfone groups is 1. The molecule has 0 aliphatic carbocycles. The van der Waals surface area contributed by atoms with Gasteiger partial charge in [-0.2, -0.15) is 0 Å². The molecular weight excluding hydrogens is 252 g/mol. The van der Waals surface area contributed by atoms with Gasteiger partial charge in [0.15, 0.2) is 9.84 Å². The number of carbonyl (C=O) groups excluding carboxylic acids is 1. The Morgan fingerprint density at radius 3 is 2.56 bits per heavy atom. The van der Waals surface area contributed by atoms with E-state index >= 15 is 0 Å². The third kappa shape index (κ3) is 3.82. The molecule has 0 heterocycles. The van der Waals surface area contributed by atoms with Crippen molar-refractivity contribution in [3.05, 3.63) is 24.3 Å². The van der Waals surface area contributed by atoms with E-state index in [1.54, 1.807) is 25.1 Å². The molecule has 1 aromatic rings. The summed E-state index contributed by atoms with van der Waals surface area (Å²) >= 11 is 0. The van der Waals surface area contributed by atoms with E-state index in [9.17, 15) is 13.2 Å².